The molecule has 0 spiro atoms. The molecule has 21 heavy (non-hydrogen) atoms. The minimum atomic E-state index is -0.433. The standard InChI is InChI=1S/C15H10ClN3O2/c16-10-6-3-7-11-12(10)15(21)19-13(17-11)8-4-1-2-5-9(8)14(20)18-19/h1-7,13,17H,(H,18,20). The van der Waals surface area contributed by atoms with Crippen LogP contribution in [0.25, 0.3) is 0 Å². The van der Waals surface area contributed by atoms with Gasteiger partial charge in [-0.25, -0.2) is 5.01 Å². The van der Waals surface area contributed by atoms with Gasteiger partial charge in [-0.05, 0) is 18.2 Å². The Hall–Kier alpha value is -2.53. The van der Waals surface area contributed by atoms with Crippen LogP contribution in [0.2, 0.25) is 5.02 Å². The molecule has 2 aromatic rings. The molecular formula is C15H10ClN3O2. The third kappa shape index (κ3) is 1.64. The van der Waals surface area contributed by atoms with E-state index in [1.165, 1.54) is 5.01 Å². The number of fused-ring (bicyclic) bond motifs is 4. The van der Waals surface area contributed by atoms with Gasteiger partial charge in [0.05, 0.1) is 16.3 Å². The van der Waals surface area contributed by atoms with Crippen LogP contribution in [0.15, 0.2) is 42.5 Å². The Balaban J connectivity index is 1.90. The van der Waals surface area contributed by atoms with Gasteiger partial charge in [0.25, 0.3) is 11.8 Å². The molecule has 0 aliphatic carbocycles. The van der Waals surface area contributed by atoms with Gasteiger partial charge in [0.2, 0.25) is 0 Å². The number of hydrazine groups is 1. The zero-order valence-corrected chi connectivity index (χ0v) is 11.5. The highest BCUT2D eigenvalue weighted by molar-refractivity contribution is 6.34. The van der Waals surface area contributed by atoms with Crippen LogP contribution in [0.1, 0.15) is 32.4 Å². The molecule has 1 atom stereocenters. The normalized spacial score (nSPS) is 19.1. The zero-order valence-electron chi connectivity index (χ0n) is 10.8. The van der Waals surface area contributed by atoms with Gasteiger partial charge in [0.15, 0.2) is 0 Å². The van der Waals surface area contributed by atoms with Crippen LogP contribution in [-0.4, -0.2) is 16.8 Å². The second-order valence-corrected chi connectivity index (χ2v) is 5.32. The summed E-state index contributed by atoms with van der Waals surface area (Å²) in [5.41, 5.74) is 4.98. The van der Waals surface area contributed by atoms with E-state index in [0.717, 1.165) is 5.56 Å². The highest BCUT2D eigenvalue weighted by Gasteiger charge is 2.40. The van der Waals surface area contributed by atoms with Gasteiger partial charge in [-0.2, -0.15) is 0 Å². The van der Waals surface area contributed by atoms with Crippen molar-refractivity contribution in [1.29, 1.82) is 0 Å². The van der Waals surface area contributed by atoms with Crippen LogP contribution in [-0.2, 0) is 0 Å². The van der Waals surface area contributed by atoms with E-state index in [0.29, 0.717) is 21.8 Å². The predicted molar refractivity (Wildman–Crippen MR) is 77.9 cm³/mol. The Labute approximate surface area is 125 Å². The molecule has 4 rings (SSSR count). The number of carbonyl (C=O) groups excluding carboxylic acids is 2. The smallest absolute Gasteiger partial charge is 0.278 e. The molecule has 6 heteroatoms. The van der Waals surface area contributed by atoms with E-state index in [-0.39, 0.29) is 11.8 Å². The lowest BCUT2D eigenvalue weighted by Crippen LogP contribution is -2.56. The van der Waals surface area contributed by atoms with Crippen LogP contribution in [0.3, 0.4) is 0 Å². The lowest BCUT2D eigenvalue weighted by Gasteiger charge is -2.41. The van der Waals surface area contributed by atoms with Crippen molar-refractivity contribution < 1.29 is 9.59 Å². The molecule has 2 aliphatic heterocycles. The molecule has 2 N–H and O–H groups in total. The number of amides is 2. The Morgan fingerprint density at radius 2 is 1.86 bits per heavy atom. The number of nitrogens with one attached hydrogen (secondary N) is 2. The fraction of sp³-hybridized carbons (Fsp3) is 0.0667. The van der Waals surface area contributed by atoms with E-state index >= 15 is 0 Å². The van der Waals surface area contributed by atoms with Crippen LogP contribution in [0.4, 0.5) is 5.69 Å². The maximum absolute atomic E-state index is 12.6. The number of halogens is 1. The Kier molecular flexibility index (Phi) is 2.46. The first kappa shape index (κ1) is 12.2. The quantitative estimate of drug-likeness (QED) is 0.786. The highest BCUT2D eigenvalue weighted by atomic mass is 35.5. The number of anilines is 1. The van der Waals surface area contributed by atoms with Gasteiger partial charge in [0.1, 0.15) is 6.17 Å². The summed E-state index contributed by atoms with van der Waals surface area (Å²) in [5.74, 6) is -0.616. The third-order valence-electron chi connectivity index (χ3n) is 3.72. The summed E-state index contributed by atoms with van der Waals surface area (Å²) in [5, 5.41) is 4.90. The first-order valence-corrected chi connectivity index (χ1v) is 6.83. The second kappa shape index (κ2) is 4.23. The van der Waals surface area contributed by atoms with E-state index in [9.17, 15) is 9.59 Å². The van der Waals surface area contributed by atoms with E-state index in [1.807, 2.05) is 12.1 Å². The van der Waals surface area contributed by atoms with Crippen LogP contribution in [0, 0.1) is 0 Å². The molecule has 5 nitrogen and oxygen atoms in total. The summed E-state index contributed by atoms with van der Waals surface area (Å²) in [6.07, 6.45) is -0.433. The third-order valence-corrected chi connectivity index (χ3v) is 4.03. The molecule has 2 aromatic carbocycles. The molecular weight excluding hydrogens is 290 g/mol. The minimum absolute atomic E-state index is 0.299. The molecule has 104 valence electrons. The average Bonchev–Trinajstić information content (AvgIpc) is 2.49. The lowest BCUT2D eigenvalue weighted by molar-refractivity contribution is 0.0457. The molecule has 2 aliphatic rings. The predicted octanol–water partition coefficient (Wildman–Crippen LogP) is 2.56. The number of carbonyl (C=O) groups is 2. The Morgan fingerprint density at radius 1 is 1.05 bits per heavy atom. The monoisotopic (exact) mass is 299 g/mol. The van der Waals surface area contributed by atoms with Gasteiger partial charge < -0.3 is 5.32 Å². The SMILES string of the molecule is O=C1NN2C(=O)c3c(Cl)cccc3NC2c2ccccc21. The van der Waals surface area contributed by atoms with Crippen LogP contribution in [0.5, 0.6) is 0 Å². The van der Waals surface area contributed by atoms with Crippen LogP contribution >= 0.6 is 11.6 Å². The van der Waals surface area contributed by atoms with Crippen molar-refractivity contribution in [3.8, 4) is 0 Å². The maximum Gasteiger partial charge on any atom is 0.278 e. The lowest BCUT2D eigenvalue weighted by atomic mass is 9.98. The van der Waals surface area contributed by atoms with E-state index < -0.39 is 6.17 Å². The first-order chi connectivity index (χ1) is 10.2. The van der Waals surface area contributed by atoms with Crippen molar-refractivity contribution in [2.75, 3.05) is 5.32 Å². The van der Waals surface area contributed by atoms with Crippen molar-refractivity contribution >= 4 is 29.1 Å². The Morgan fingerprint density at radius 3 is 2.71 bits per heavy atom. The fourth-order valence-corrected chi connectivity index (χ4v) is 3.01. The number of hydrogen-bond acceptors (Lipinski definition) is 3. The summed E-state index contributed by atoms with van der Waals surface area (Å²) in [4.78, 5) is 24.7. The zero-order chi connectivity index (χ0) is 14.6. The van der Waals surface area contributed by atoms with Gasteiger partial charge >= 0.3 is 0 Å². The van der Waals surface area contributed by atoms with Crippen molar-refractivity contribution in [2.24, 2.45) is 0 Å². The molecule has 2 amide bonds. The van der Waals surface area contributed by atoms with Crippen molar-refractivity contribution in [3.63, 3.8) is 0 Å². The van der Waals surface area contributed by atoms with Gasteiger partial charge in [-0.1, -0.05) is 35.9 Å². The molecule has 0 fully saturated rings. The molecule has 0 radical (unpaired) electrons. The fourth-order valence-electron chi connectivity index (χ4n) is 2.76. The molecule has 2 heterocycles. The molecule has 1 unspecified atom stereocenters. The topological polar surface area (TPSA) is 61.4 Å². The maximum atomic E-state index is 12.6. The number of nitrogens with zero attached hydrogens (tertiary/aromatic N) is 1. The molecule has 0 aromatic heterocycles. The van der Waals surface area contributed by atoms with E-state index in [4.69, 9.17) is 11.6 Å². The molecule has 0 bridgehead atoms. The first-order valence-electron chi connectivity index (χ1n) is 6.45. The molecule has 0 saturated heterocycles. The average molecular weight is 300 g/mol. The summed E-state index contributed by atoms with van der Waals surface area (Å²) in [6, 6.07) is 12.4. The number of rotatable bonds is 0. The number of hydrogen-bond donors (Lipinski definition) is 2. The Bertz CT molecular complexity index is 790. The van der Waals surface area contributed by atoms with E-state index in [1.54, 1.807) is 30.3 Å². The van der Waals surface area contributed by atoms with Gasteiger partial charge in [-0.15, -0.1) is 0 Å². The van der Waals surface area contributed by atoms with Crippen molar-refractivity contribution in [2.45, 2.75) is 6.17 Å². The second-order valence-electron chi connectivity index (χ2n) is 4.91. The summed E-state index contributed by atoms with van der Waals surface area (Å²) in [7, 11) is 0. The van der Waals surface area contributed by atoms with Gasteiger partial charge in [0, 0.05) is 11.1 Å². The largest absolute Gasteiger partial charge is 0.359 e. The van der Waals surface area contributed by atoms with E-state index in [2.05, 4.69) is 10.7 Å². The van der Waals surface area contributed by atoms with Crippen LogP contribution < -0.4 is 10.7 Å². The highest BCUT2D eigenvalue weighted by Crippen LogP contribution is 2.38. The summed E-state index contributed by atoms with van der Waals surface area (Å²) < 4.78 is 0. The van der Waals surface area contributed by atoms with Gasteiger partial charge in [-0.3, -0.25) is 15.0 Å². The summed E-state index contributed by atoms with van der Waals surface area (Å²) in [6.45, 7) is 0. The number of benzene rings is 2. The van der Waals surface area contributed by atoms with Crippen molar-refractivity contribution in [3.05, 3.63) is 64.2 Å². The minimum Gasteiger partial charge on any atom is -0.359 e. The van der Waals surface area contributed by atoms with Crippen molar-refractivity contribution in [1.82, 2.24) is 10.4 Å². The molecule has 0 saturated carbocycles. The summed E-state index contributed by atoms with van der Waals surface area (Å²) >= 11 is 6.10.